The smallest absolute Gasteiger partial charge is 0.273 e. The van der Waals surface area contributed by atoms with Crippen LogP contribution in [0.1, 0.15) is 24.8 Å². The Balaban J connectivity index is 2.38. The molecule has 0 saturated carbocycles. The van der Waals surface area contributed by atoms with Crippen LogP contribution < -0.4 is 4.74 Å². The molecular formula is C12H16ClNO5S. The van der Waals surface area contributed by atoms with E-state index in [1.807, 2.05) is 0 Å². The predicted molar refractivity (Wildman–Crippen MR) is 76.8 cm³/mol. The number of nitro groups is 1. The molecule has 6 nitrogen and oxygen atoms in total. The number of aryl methyl sites for hydroxylation is 1. The zero-order valence-electron chi connectivity index (χ0n) is 11.0. The summed E-state index contributed by atoms with van der Waals surface area (Å²) in [7, 11) is 1.66. The Morgan fingerprint density at radius 1 is 1.30 bits per heavy atom. The highest BCUT2D eigenvalue weighted by molar-refractivity contribution is 8.13. The summed E-state index contributed by atoms with van der Waals surface area (Å²) in [6.45, 7) is 2.18. The van der Waals surface area contributed by atoms with Crippen LogP contribution in [0.5, 0.6) is 5.75 Å². The zero-order chi connectivity index (χ0) is 15.2. The monoisotopic (exact) mass is 321 g/mol. The third-order valence-electron chi connectivity index (χ3n) is 2.67. The molecule has 0 aliphatic heterocycles. The molecule has 0 radical (unpaired) electrons. The van der Waals surface area contributed by atoms with Crippen LogP contribution in [0.3, 0.4) is 0 Å². The highest BCUT2D eigenvalue weighted by Crippen LogP contribution is 2.24. The lowest BCUT2D eigenvalue weighted by Gasteiger charge is -2.08. The van der Waals surface area contributed by atoms with Gasteiger partial charge in [0.05, 0.1) is 23.3 Å². The minimum absolute atomic E-state index is 0.0150. The summed E-state index contributed by atoms with van der Waals surface area (Å²) < 4.78 is 26.9. The first-order chi connectivity index (χ1) is 9.29. The number of nitro benzene ring substituents is 1. The van der Waals surface area contributed by atoms with Crippen molar-refractivity contribution in [3.8, 4) is 5.75 Å². The Labute approximate surface area is 122 Å². The van der Waals surface area contributed by atoms with E-state index in [1.54, 1.807) is 13.0 Å². The number of hydrogen-bond acceptors (Lipinski definition) is 5. The zero-order valence-corrected chi connectivity index (χ0v) is 12.6. The number of ether oxygens (including phenoxy) is 1. The first kappa shape index (κ1) is 16.7. The van der Waals surface area contributed by atoms with E-state index in [0.29, 0.717) is 31.6 Å². The van der Waals surface area contributed by atoms with Gasteiger partial charge in [-0.1, -0.05) is 0 Å². The number of rotatable bonds is 8. The summed E-state index contributed by atoms with van der Waals surface area (Å²) in [4.78, 5) is 10.2. The molecule has 0 atom stereocenters. The Morgan fingerprint density at radius 2 is 2.00 bits per heavy atom. The minimum atomic E-state index is -3.43. The normalized spacial score (nSPS) is 11.3. The van der Waals surface area contributed by atoms with Gasteiger partial charge in [0.15, 0.2) is 0 Å². The van der Waals surface area contributed by atoms with Gasteiger partial charge in [-0.05, 0) is 37.8 Å². The fourth-order valence-corrected chi connectivity index (χ4v) is 2.47. The van der Waals surface area contributed by atoms with Gasteiger partial charge in [-0.3, -0.25) is 10.1 Å². The maximum Gasteiger partial charge on any atom is 0.273 e. The molecule has 20 heavy (non-hydrogen) atoms. The molecule has 0 heterocycles. The van der Waals surface area contributed by atoms with Gasteiger partial charge < -0.3 is 4.74 Å². The molecule has 0 aliphatic rings. The van der Waals surface area contributed by atoms with E-state index < -0.39 is 14.0 Å². The van der Waals surface area contributed by atoms with Gasteiger partial charge in [0.2, 0.25) is 9.05 Å². The maximum absolute atomic E-state index is 10.7. The van der Waals surface area contributed by atoms with Gasteiger partial charge in [0, 0.05) is 16.7 Å². The van der Waals surface area contributed by atoms with Crippen LogP contribution >= 0.6 is 10.7 Å². The second kappa shape index (κ2) is 7.44. The van der Waals surface area contributed by atoms with Crippen molar-refractivity contribution in [2.75, 3.05) is 12.4 Å². The van der Waals surface area contributed by atoms with E-state index in [9.17, 15) is 18.5 Å². The van der Waals surface area contributed by atoms with Gasteiger partial charge in [0.1, 0.15) is 5.75 Å². The third-order valence-corrected chi connectivity index (χ3v) is 3.91. The van der Waals surface area contributed by atoms with Gasteiger partial charge in [0.25, 0.3) is 5.69 Å². The summed E-state index contributed by atoms with van der Waals surface area (Å²) in [6.07, 6.45) is 1.80. The lowest BCUT2D eigenvalue weighted by Crippen LogP contribution is -2.02. The standard InChI is InChI=1S/C12H16ClNO5S/c1-10-5-6-11(14(15)16)9-12(10)19-7-3-2-4-8-20(13,17)18/h5-6,9H,2-4,7-8H2,1H3. The quantitative estimate of drug-likeness (QED) is 0.318. The molecular weight excluding hydrogens is 306 g/mol. The average molecular weight is 322 g/mol. The van der Waals surface area contributed by atoms with Gasteiger partial charge >= 0.3 is 0 Å². The van der Waals surface area contributed by atoms with Crippen LogP contribution in [-0.4, -0.2) is 25.7 Å². The molecule has 1 aromatic carbocycles. The summed E-state index contributed by atoms with van der Waals surface area (Å²) in [6, 6.07) is 4.44. The van der Waals surface area contributed by atoms with Gasteiger partial charge in [-0.2, -0.15) is 0 Å². The maximum atomic E-state index is 10.7. The molecule has 0 aromatic heterocycles. The van der Waals surface area contributed by atoms with Crippen molar-refractivity contribution in [3.63, 3.8) is 0 Å². The molecule has 0 amide bonds. The molecule has 8 heteroatoms. The van der Waals surface area contributed by atoms with Crippen LogP contribution in [0.2, 0.25) is 0 Å². The van der Waals surface area contributed by atoms with Crippen LogP contribution in [-0.2, 0) is 9.05 Å². The summed E-state index contributed by atoms with van der Waals surface area (Å²) in [5.41, 5.74) is 0.803. The first-order valence-electron chi connectivity index (χ1n) is 6.10. The fourth-order valence-electron chi connectivity index (χ4n) is 1.59. The SMILES string of the molecule is Cc1ccc([N+](=O)[O-])cc1OCCCCCS(=O)(=O)Cl. The summed E-state index contributed by atoms with van der Waals surface area (Å²) in [5, 5.41) is 10.7. The number of non-ortho nitro benzene ring substituents is 1. The highest BCUT2D eigenvalue weighted by atomic mass is 35.7. The molecule has 1 rings (SSSR count). The van der Waals surface area contributed by atoms with E-state index in [-0.39, 0.29) is 11.4 Å². The summed E-state index contributed by atoms with van der Waals surface area (Å²) in [5.74, 6) is 0.425. The Kier molecular flexibility index (Phi) is 6.22. The lowest BCUT2D eigenvalue weighted by molar-refractivity contribution is -0.384. The number of hydrogen-bond donors (Lipinski definition) is 0. The largest absolute Gasteiger partial charge is 0.493 e. The van der Waals surface area contributed by atoms with Crippen LogP contribution in [0.25, 0.3) is 0 Å². The number of nitrogens with zero attached hydrogens (tertiary/aromatic N) is 1. The van der Waals surface area contributed by atoms with Crippen LogP contribution in [0, 0.1) is 17.0 Å². The van der Waals surface area contributed by atoms with Gasteiger partial charge in [-0.15, -0.1) is 0 Å². The van der Waals surface area contributed by atoms with E-state index in [1.165, 1.54) is 12.1 Å². The van der Waals surface area contributed by atoms with E-state index in [4.69, 9.17) is 15.4 Å². The Morgan fingerprint density at radius 3 is 2.60 bits per heavy atom. The molecule has 112 valence electrons. The predicted octanol–water partition coefficient (Wildman–Crippen LogP) is 3.02. The lowest BCUT2D eigenvalue weighted by atomic mass is 10.2. The fraction of sp³-hybridized carbons (Fsp3) is 0.500. The second-order valence-electron chi connectivity index (χ2n) is 4.36. The molecule has 0 bridgehead atoms. The molecule has 0 aliphatic carbocycles. The summed E-state index contributed by atoms with van der Waals surface area (Å²) >= 11 is 0. The topological polar surface area (TPSA) is 86.5 Å². The minimum Gasteiger partial charge on any atom is -0.493 e. The van der Waals surface area contributed by atoms with E-state index >= 15 is 0 Å². The molecule has 0 N–H and O–H groups in total. The first-order valence-corrected chi connectivity index (χ1v) is 8.57. The Bertz CT molecular complexity index is 573. The molecule has 1 aromatic rings. The van der Waals surface area contributed by atoms with Crippen LogP contribution in [0.4, 0.5) is 5.69 Å². The van der Waals surface area contributed by atoms with Crippen molar-refractivity contribution >= 4 is 25.4 Å². The molecule has 0 saturated heterocycles. The number of benzene rings is 1. The molecule has 0 unspecified atom stereocenters. The van der Waals surface area contributed by atoms with Crippen LogP contribution in [0.15, 0.2) is 18.2 Å². The molecule has 0 spiro atoms. The van der Waals surface area contributed by atoms with Crippen molar-refractivity contribution < 1.29 is 18.1 Å². The van der Waals surface area contributed by atoms with Crippen molar-refractivity contribution in [1.29, 1.82) is 0 Å². The molecule has 0 fully saturated rings. The van der Waals surface area contributed by atoms with Crippen molar-refractivity contribution in [1.82, 2.24) is 0 Å². The highest BCUT2D eigenvalue weighted by Gasteiger charge is 2.09. The van der Waals surface area contributed by atoms with E-state index in [0.717, 1.165) is 5.56 Å². The van der Waals surface area contributed by atoms with Crippen molar-refractivity contribution in [3.05, 3.63) is 33.9 Å². The van der Waals surface area contributed by atoms with Crippen molar-refractivity contribution in [2.24, 2.45) is 0 Å². The number of halogens is 1. The second-order valence-corrected chi connectivity index (χ2v) is 7.26. The third kappa shape index (κ3) is 6.21. The van der Waals surface area contributed by atoms with E-state index in [2.05, 4.69) is 0 Å². The average Bonchev–Trinajstić information content (AvgIpc) is 2.34. The van der Waals surface area contributed by atoms with Crippen molar-refractivity contribution in [2.45, 2.75) is 26.2 Å². The Hall–Kier alpha value is -1.34. The van der Waals surface area contributed by atoms with Gasteiger partial charge in [-0.25, -0.2) is 8.42 Å². The number of unbranched alkanes of at least 4 members (excludes halogenated alkanes) is 2.